The highest BCUT2D eigenvalue weighted by molar-refractivity contribution is 8.01. The van der Waals surface area contributed by atoms with E-state index in [0.29, 0.717) is 18.1 Å². The summed E-state index contributed by atoms with van der Waals surface area (Å²) in [6.45, 7) is 4.14. The second-order valence-electron chi connectivity index (χ2n) is 4.94. The van der Waals surface area contributed by atoms with Crippen LogP contribution in [0.3, 0.4) is 0 Å². The van der Waals surface area contributed by atoms with E-state index in [1.165, 1.54) is 4.73 Å². The number of nitrogens with zero attached hydrogens (tertiary/aromatic N) is 2. The zero-order chi connectivity index (χ0) is 14.9. The highest BCUT2D eigenvalue weighted by Crippen LogP contribution is 2.54. The molecule has 0 saturated heterocycles. The van der Waals surface area contributed by atoms with E-state index in [9.17, 15) is 5.11 Å². The fourth-order valence-corrected chi connectivity index (χ4v) is 4.16. The molecule has 0 spiro atoms. The second-order valence-corrected chi connectivity index (χ2v) is 6.83. The summed E-state index contributed by atoms with van der Waals surface area (Å²) >= 11 is 7.63. The lowest BCUT2D eigenvalue weighted by Gasteiger charge is -2.30. The minimum Gasteiger partial charge on any atom is -0.411 e. The van der Waals surface area contributed by atoms with Crippen LogP contribution in [0.15, 0.2) is 54.5 Å². The summed E-state index contributed by atoms with van der Waals surface area (Å²) in [6, 6.07) is 5.55. The number of imidazole rings is 1. The van der Waals surface area contributed by atoms with E-state index in [4.69, 9.17) is 16.4 Å². The molecule has 0 saturated carbocycles. The molecule has 6 heteroatoms. The van der Waals surface area contributed by atoms with Gasteiger partial charge in [-0.15, -0.1) is 18.3 Å². The summed E-state index contributed by atoms with van der Waals surface area (Å²) in [5.74, 6) is 0. The van der Waals surface area contributed by atoms with Crippen LogP contribution in [0, 0.1) is 0 Å². The van der Waals surface area contributed by atoms with E-state index >= 15 is 0 Å². The molecule has 1 aliphatic heterocycles. The van der Waals surface area contributed by atoms with Gasteiger partial charge in [0, 0.05) is 16.1 Å². The lowest BCUT2D eigenvalue weighted by molar-refractivity contribution is 0.0395. The average Bonchev–Trinajstić information content (AvgIpc) is 3.05. The van der Waals surface area contributed by atoms with Crippen molar-refractivity contribution in [2.75, 3.05) is 6.61 Å². The first kappa shape index (κ1) is 14.5. The Morgan fingerprint density at radius 2 is 2.43 bits per heavy atom. The van der Waals surface area contributed by atoms with Crippen molar-refractivity contribution >= 4 is 23.4 Å². The molecule has 21 heavy (non-hydrogen) atoms. The Balaban J connectivity index is 1.86. The van der Waals surface area contributed by atoms with Crippen molar-refractivity contribution in [1.82, 2.24) is 9.71 Å². The number of hydrogen-bond acceptors (Lipinski definition) is 4. The number of aromatic nitrogens is 2. The van der Waals surface area contributed by atoms with E-state index in [-0.39, 0.29) is 0 Å². The molecule has 3 rings (SSSR count). The van der Waals surface area contributed by atoms with Crippen LogP contribution in [0.4, 0.5) is 0 Å². The van der Waals surface area contributed by atoms with E-state index < -0.39 is 10.9 Å². The Bertz CT molecular complexity index is 647. The first-order valence-corrected chi connectivity index (χ1v) is 7.73. The van der Waals surface area contributed by atoms with Crippen LogP contribution in [-0.2, 0) is 0 Å². The van der Waals surface area contributed by atoms with Crippen LogP contribution < -0.4 is 4.84 Å². The number of rotatable bonds is 5. The smallest absolute Gasteiger partial charge is 0.133 e. The molecular weight excluding hydrogens is 308 g/mol. The van der Waals surface area contributed by atoms with Gasteiger partial charge in [-0.3, -0.25) is 0 Å². The largest absolute Gasteiger partial charge is 0.411 e. The predicted molar refractivity (Wildman–Crippen MR) is 83.5 cm³/mol. The van der Waals surface area contributed by atoms with Crippen molar-refractivity contribution in [1.29, 1.82) is 0 Å². The second kappa shape index (κ2) is 5.75. The van der Waals surface area contributed by atoms with Crippen molar-refractivity contribution in [3.63, 3.8) is 0 Å². The van der Waals surface area contributed by atoms with Gasteiger partial charge in [-0.05, 0) is 24.1 Å². The van der Waals surface area contributed by atoms with Crippen molar-refractivity contribution in [3.8, 4) is 0 Å². The molecule has 1 aromatic heterocycles. The number of aliphatic hydroxyl groups is 1. The SMILES string of the molecule is C=CCC1(COn2ccnc2)Sc2cc(Cl)ccc2C1O. The van der Waals surface area contributed by atoms with E-state index in [0.717, 1.165) is 10.5 Å². The van der Waals surface area contributed by atoms with Crippen molar-refractivity contribution in [2.45, 2.75) is 22.2 Å². The van der Waals surface area contributed by atoms with E-state index in [1.54, 1.807) is 42.6 Å². The van der Waals surface area contributed by atoms with Crippen molar-refractivity contribution in [3.05, 3.63) is 60.2 Å². The summed E-state index contributed by atoms with van der Waals surface area (Å²) in [6.07, 6.45) is 6.75. The van der Waals surface area contributed by atoms with Gasteiger partial charge in [0.2, 0.25) is 0 Å². The number of benzene rings is 1. The van der Waals surface area contributed by atoms with Gasteiger partial charge in [0.25, 0.3) is 0 Å². The predicted octanol–water partition coefficient (Wildman–Crippen LogP) is 3.12. The quantitative estimate of drug-likeness (QED) is 0.859. The highest BCUT2D eigenvalue weighted by Gasteiger charge is 2.46. The number of fused-ring (bicyclic) bond motifs is 1. The first-order chi connectivity index (χ1) is 10.1. The van der Waals surface area contributed by atoms with E-state index in [2.05, 4.69) is 11.6 Å². The Kier molecular flexibility index (Phi) is 3.97. The third kappa shape index (κ3) is 2.69. The Morgan fingerprint density at radius 3 is 3.14 bits per heavy atom. The van der Waals surface area contributed by atoms with Gasteiger partial charge >= 0.3 is 0 Å². The van der Waals surface area contributed by atoms with Crippen LogP contribution in [0.2, 0.25) is 5.02 Å². The average molecular weight is 323 g/mol. The van der Waals surface area contributed by atoms with Crippen molar-refractivity contribution < 1.29 is 9.94 Å². The molecular formula is C15H15ClN2O2S. The molecule has 2 aromatic rings. The van der Waals surface area contributed by atoms with Gasteiger partial charge in [-0.25, -0.2) is 4.98 Å². The molecule has 0 radical (unpaired) electrons. The topological polar surface area (TPSA) is 47.3 Å². The molecule has 2 atom stereocenters. The molecule has 4 nitrogen and oxygen atoms in total. The minimum atomic E-state index is -0.628. The fourth-order valence-electron chi connectivity index (χ4n) is 2.45. The zero-order valence-corrected chi connectivity index (χ0v) is 12.8. The molecule has 1 N–H and O–H groups in total. The van der Waals surface area contributed by atoms with Gasteiger partial charge in [-0.2, -0.15) is 4.73 Å². The molecule has 2 heterocycles. The van der Waals surface area contributed by atoms with Gasteiger partial charge in [0.15, 0.2) is 0 Å². The first-order valence-electron chi connectivity index (χ1n) is 6.53. The molecule has 0 aliphatic carbocycles. The Labute approximate surface area is 132 Å². The van der Waals surface area contributed by atoms with E-state index in [1.807, 2.05) is 12.1 Å². The molecule has 0 bridgehead atoms. The molecule has 1 aromatic carbocycles. The maximum atomic E-state index is 10.7. The number of halogens is 1. The molecule has 0 fully saturated rings. The zero-order valence-electron chi connectivity index (χ0n) is 11.3. The van der Waals surface area contributed by atoms with Crippen LogP contribution in [0.25, 0.3) is 0 Å². The van der Waals surface area contributed by atoms with Crippen LogP contribution >= 0.6 is 23.4 Å². The number of thioether (sulfide) groups is 1. The van der Waals surface area contributed by atoms with Crippen LogP contribution in [-0.4, -0.2) is 26.2 Å². The normalized spacial score (nSPS) is 23.8. The van der Waals surface area contributed by atoms with Gasteiger partial charge in [0.1, 0.15) is 12.9 Å². The molecule has 1 aliphatic rings. The summed E-state index contributed by atoms with van der Waals surface area (Å²) < 4.78 is 1.03. The maximum absolute atomic E-state index is 10.7. The van der Waals surface area contributed by atoms with Gasteiger partial charge in [0.05, 0.1) is 17.0 Å². The highest BCUT2D eigenvalue weighted by atomic mass is 35.5. The number of aliphatic hydroxyl groups excluding tert-OH is 1. The molecule has 2 unspecified atom stereocenters. The van der Waals surface area contributed by atoms with Gasteiger partial charge in [-0.1, -0.05) is 23.7 Å². The standard InChI is InChI=1S/C15H15ClN2O2S/c1-2-5-15(9-20-18-7-6-17-10-18)14(19)12-4-3-11(16)8-13(12)21-15/h2-4,6-8,10,14,19H,1,5,9H2. The monoisotopic (exact) mass is 322 g/mol. The van der Waals surface area contributed by atoms with Crippen molar-refractivity contribution in [2.24, 2.45) is 0 Å². The molecule has 0 amide bonds. The third-order valence-corrected chi connectivity index (χ3v) is 5.23. The summed E-state index contributed by atoms with van der Waals surface area (Å²) in [7, 11) is 0. The maximum Gasteiger partial charge on any atom is 0.133 e. The Morgan fingerprint density at radius 1 is 1.57 bits per heavy atom. The lowest BCUT2D eigenvalue weighted by Crippen LogP contribution is -2.38. The Hall–Kier alpha value is -1.43. The minimum absolute atomic E-state index is 0.341. The number of allylic oxidation sites excluding steroid dienone is 1. The summed E-state index contributed by atoms with van der Waals surface area (Å²) in [5, 5.41) is 11.4. The van der Waals surface area contributed by atoms with Crippen LogP contribution in [0.5, 0.6) is 0 Å². The van der Waals surface area contributed by atoms with Crippen LogP contribution in [0.1, 0.15) is 18.1 Å². The lowest BCUT2D eigenvalue weighted by atomic mass is 9.93. The fraction of sp³-hybridized carbons (Fsp3) is 0.267. The summed E-state index contributed by atoms with van der Waals surface area (Å²) in [4.78, 5) is 10.6. The number of hydrogen-bond donors (Lipinski definition) is 1. The third-order valence-electron chi connectivity index (χ3n) is 3.51. The summed E-state index contributed by atoms with van der Waals surface area (Å²) in [5.41, 5.74) is 0.889. The van der Waals surface area contributed by atoms with Gasteiger partial charge < -0.3 is 9.94 Å². The molecule has 110 valence electrons.